The summed E-state index contributed by atoms with van der Waals surface area (Å²) in [7, 11) is 0. The van der Waals surface area contributed by atoms with E-state index in [1.807, 2.05) is 0 Å². The van der Waals surface area contributed by atoms with Gasteiger partial charge in [0, 0.05) is 6.92 Å². The summed E-state index contributed by atoms with van der Waals surface area (Å²) in [5.74, 6) is -1.67. The van der Waals surface area contributed by atoms with Crippen molar-refractivity contribution in [3.05, 3.63) is 0 Å². The van der Waals surface area contributed by atoms with Gasteiger partial charge in [-0.2, -0.15) is 4.89 Å². The van der Waals surface area contributed by atoms with Gasteiger partial charge in [0.1, 0.15) is 0 Å². The van der Waals surface area contributed by atoms with Crippen LogP contribution in [0.3, 0.4) is 0 Å². The lowest BCUT2D eigenvalue weighted by atomic mass is 10.7. The molecule has 0 rings (SSSR count). The lowest BCUT2D eigenvalue weighted by Crippen LogP contribution is -2.15. The van der Waals surface area contributed by atoms with Gasteiger partial charge >= 0.3 is 11.9 Å². The highest BCUT2D eigenvalue weighted by molar-refractivity contribution is 5.84. The Hall–Kier alpha value is -0.980. The van der Waals surface area contributed by atoms with Crippen LogP contribution in [-0.4, -0.2) is 23.8 Å². The van der Waals surface area contributed by atoms with Crippen molar-refractivity contribution in [3.63, 3.8) is 0 Å². The van der Waals surface area contributed by atoms with Crippen molar-refractivity contribution >= 4 is 11.9 Å². The van der Waals surface area contributed by atoms with Gasteiger partial charge in [0.2, 0.25) is 0 Å². The van der Waals surface area contributed by atoms with Gasteiger partial charge in [-0.25, -0.2) is 10.1 Å². The van der Waals surface area contributed by atoms with Crippen molar-refractivity contribution in [3.8, 4) is 0 Å². The van der Waals surface area contributed by atoms with Crippen LogP contribution in [0.15, 0.2) is 0 Å². The molecule has 1 N–H and O–H groups in total. The molecule has 0 atom stereocenters. The maximum Gasteiger partial charge on any atom is 0.343 e. The summed E-state index contributed by atoms with van der Waals surface area (Å²) < 4.78 is 3.96. The molecule has 0 aliphatic carbocycles. The molecule has 0 aromatic carbocycles. The molecule has 0 aromatic rings. The van der Waals surface area contributed by atoms with E-state index in [2.05, 4.69) is 14.7 Å². The molecule has 0 saturated carbocycles. The second kappa shape index (κ2) is 4.86. The number of ether oxygens (including phenoxy) is 1. The Labute approximate surface area is 56.2 Å². The zero-order valence-electron chi connectivity index (χ0n) is 5.20. The van der Waals surface area contributed by atoms with Gasteiger partial charge in [-0.15, -0.1) is 0 Å². The standard InChI is InChI=1S/C4H6O6/c1-3(5)9-4(6)2-8-10-7/h7H,2H2,1H3. The van der Waals surface area contributed by atoms with Crippen LogP contribution in [0.1, 0.15) is 6.92 Å². The zero-order chi connectivity index (χ0) is 7.98. The van der Waals surface area contributed by atoms with Crippen LogP contribution in [0.25, 0.3) is 0 Å². The Kier molecular flexibility index (Phi) is 4.38. The Morgan fingerprint density at radius 3 is 2.50 bits per heavy atom. The Morgan fingerprint density at radius 2 is 2.10 bits per heavy atom. The smallest absolute Gasteiger partial charge is 0.343 e. The normalized spacial score (nSPS) is 9.00. The maximum atomic E-state index is 10.3. The Bertz CT molecular complexity index is 130. The molecule has 0 amide bonds. The summed E-state index contributed by atoms with van der Waals surface area (Å²) in [6.45, 7) is 0.438. The minimum Gasteiger partial charge on any atom is -0.392 e. The van der Waals surface area contributed by atoms with Gasteiger partial charge in [-0.1, -0.05) is 5.04 Å². The van der Waals surface area contributed by atoms with Crippen molar-refractivity contribution in [1.82, 2.24) is 0 Å². The van der Waals surface area contributed by atoms with E-state index < -0.39 is 18.5 Å². The first-order valence-corrected chi connectivity index (χ1v) is 2.31. The first-order chi connectivity index (χ1) is 4.66. The first kappa shape index (κ1) is 9.02. The summed E-state index contributed by atoms with van der Waals surface area (Å²) in [6, 6.07) is 0. The molecule has 0 spiro atoms. The number of esters is 2. The van der Waals surface area contributed by atoms with Crippen LogP contribution in [0.2, 0.25) is 0 Å². The Morgan fingerprint density at radius 1 is 1.50 bits per heavy atom. The maximum absolute atomic E-state index is 10.3. The van der Waals surface area contributed by atoms with Crippen molar-refractivity contribution < 1.29 is 29.5 Å². The predicted octanol–water partition coefficient (Wildman–Crippen LogP) is -0.503. The molecule has 0 bridgehead atoms. The largest absolute Gasteiger partial charge is 0.392 e. The third kappa shape index (κ3) is 5.16. The van der Waals surface area contributed by atoms with Gasteiger partial charge in [0.15, 0.2) is 6.61 Å². The molecule has 0 radical (unpaired) electrons. The minimum absolute atomic E-state index is 0.629. The molecule has 0 saturated heterocycles. The van der Waals surface area contributed by atoms with Crippen LogP contribution < -0.4 is 0 Å². The second-order valence-corrected chi connectivity index (χ2v) is 1.30. The van der Waals surface area contributed by atoms with E-state index in [-0.39, 0.29) is 0 Å². The van der Waals surface area contributed by atoms with E-state index in [0.29, 0.717) is 0 Å². The lowest BCUT2D eigenvalue weighted by Gasteiger charge is -1.96. The minimum atomic E-state index is -0.929. The second-order valence-electron chi connectivity index (χ2n) is 1.30. The summed E-state index contributed by atoms with van der Waals surface area (Å²) in [5.41, 5.74) is 0. The van der Waals surface area contributed by atoms with Crippen LogP contribution in [0.4, 0.5) is 0 Å². The zero-order valence-corrected chi connectivity index (χ0v) is 5.20. The molecule has 0 aromatic heterocycles. The molecule has 58 valence electrons. The molecule has 0 heterocycles. The van der Waals surface area contributed by atoms with Crippen LogP contribution in [0, 0.1) is 0 Å². The summed E-state index contributed by atoms with van der Waals surface area (Å²) in [6.07, 6.45) is 0. The van der Waals surface area contributed by atoms with Crippen LogP contribution >= 0.6 is 0 Å². The van der Waals surface area contributed by atoms with E-state index in [4.69, 9.17) is 5.26 Å². The van der Waals surface area contributed by atoms with Crippen molar-refractivity contribution in [2.24, 2.45) is 0 Å². The van der Waals surface area contributed by atoms with Gasteiger partial charge in [0.05, 0.1) is 0 Å². The van der Waals surface area contributed by atoms with Gasteiger partial charge in [-0.3, -0.25) is 4.79 Å². The van der Waals surface area contributed by atoms with E-state index in [0.717, 1.165) is 6.92 Å². The quantitative estimate of drug-likeness (QED) is 0.252. The third-order valence-electron chi connectivity index (χ3n) is 0.487. The van der Waals surface area contributed by atoms with E-state index in [9.17, 15) is 9.59 Å². The van der Waals surface area contributed by atoms with Gasteiger partial charge in [0.25, 0.3) is 0 Å². The average molecular weight is 150 g/mol. The third-order valence-corrected chi connectivity index (χ3v) is 0.487. The molecule has 0 aliphatic rings. The van der Waals surface area contributed by atoms with Gasteiger partial charge < -0.3 is 4.74 Å². The highest BCUT2D eigenvalue weighted by Crippen LogP contribution is 1.81. The molecule has 0 aliphatic heterocycles. The van der Waals surface area contributed by atoms with E-state index in [1.165, 1.54) is 0 Å². The van der Waals surface area contributed by atoms with Crippen molar-refractivity contribution in [1.29, 1.82) is 0 Å². The fourth-order valence-electron chi connectivity index (χ4n) is 0.264. The molecule has 10 heavy (non-hydrogen) atoms. The number of hydrogen-bond donors (Lipinski definition) is 1. The van der Waals surface area contributed by atoms with Crippen LogP contribution in [0.5, 0.6) is 0 Å². The first-order valence-electron chi connectivity index (χ1n) is 2.31. The molecule has 0 fully saturated rings. The topological polar surface area (TPSA) is 82.1 Å². The number of carbonyl (C=O) groups excluding carboxylic acids is 2. The van der Waals surface area contributed by atoms with Crippen molar-refractivity contribution in [2.45, 2.75) is 6.92 Å². The van der Waals surface area contributed by atoms with Crippen LogP contribution in [-0.2, 0) is 24.3 Å². The number of hydrogen-bond acceptors (Lipinski definition) is 6. The number of rotatable bonds is 3. The molecule has 6 nitrogen and oxygen atoms in total. The lowest BCUT2D eigenvalue weighted by molar-refractivity contribution is -0.487. The molecule has 6 heteroatoms. The monoisotopic (exact) mass is 150 g/mol. The Balaban J connectivity index is 3.35. The van der Waals surface area contributed by atoms with Gasteiger partial charge in [-0.05, 0) is 0 Å². The molecular weight excluding hydrogens is 144 g/mol. The number of carbonyl (C=O) groups is 2. The predicted molar refractivity (Wildman–Crippen MR) is 26.4 cm³/mol. The highest BCUT2D eigenvalue weighted by atomic mass is 17.5. The summed E-state index contributed by atoms with van der Waals surface area (Å²) in [4.78, 5) is 24.0. The van der Waals surface area contributed by atoms with E-state index >= 15 is 0 Å². The molecule has 0 unspecified atom stereocenters. The molecular formula is C4H6O6. The average Bonchev–Trinajstić information content (AvgIpc) is 1.82. The fourth-order valence-corrected chi connectivity index (χ4v) is 0.264. The summed E-state index contributed by atoms with van der Waals surface area (Å²) in [5, 5.41) is 10.6. The highest BCUT2D eigenvalue weighted by Gasteiger charge is 2.05. The van der Waals surface area contributed by atoms with Crippen molar-refractivity contribution in [2.75, 3.05) is 6.61 Å². The fraction of sp³-hybridized carbons (Fsp3) is 0.500. The SMILES string of the molecule is CC(=O)OC(=O)COOO. The van der Waals surface area contributed by atoms with E-state index in [1.54, 1.807) is 0 Å². The summed E-state index contributed by atoms with van der Waals surface area (Å²) >= 11 is 0.